The van der Waals surface area contributed by atoms with Crippen LogP contribution in [0.3, 0.4) is 0 Å². The van der Waals surface area contributed by atoms with Crippen molar-refractivity contribution < 1.29 is 13.2 Å². The van der Waals surface area contributed by atoms with Crippen LogP contribution in [-0.4, -0.2) is 42.2 Å². The molecule has 1 aromatic heterocycles. The van der Waals surface area contributed by atoms with E-state index >= 15 is 0 Å². The maximum absolute atomic E-state index is 12.5. The third-order valence-corrected chi connectivity index (χ3v) is 7.41. The Labute approximate surface area is 155 Å². The van der Waals surface area contributed by atoms with Crippen LogP contribution >= 0.6 is 0 Å². The molecule has 142 valence electrons. The fourth-order valence-electron chi connectivity index (χ4n) is 4.02. The summed E-state index contributed by atoms with van der Waals surface area (Å²) < 4.78 is 25.5. The molecule has 0 bridgehead atoms. The van der Waals surface area contributed by atoms with E-state index in [9.17, 15) is 13.2 Å². The lowest BCUT2D eigenvalue weighted by Crippen LogP contribution is -2.25. The highest BCUT2D eigenvalue weighted by Crippen LogP contribution is 2.42. The van der Waals surface area contributed by atoms with Gasteiger partial charge in [-0.1, -0.05) is 11.6 Å². The summed E-state index contributed by atoms with van der Waals surface area (Å²) in [6, 6.07) is 1.75. The molecule has 0 aromatic carbocycles. The van der Waals surface area contributed by atoms with Crippen molar-refractivity contribution >= 4 is 15.7 Å². The van der Waals surface area contributed by atoms with Gasteiger partial charge in [0, 0.05) is 18.2 Å². The minimum Gasteiger partial charge on any atom is -0.350 e. The van der Waals surface area contributed by atoms with Gasteiger partial charge in [0.2, 0.25) is 0 Å². The van der Waals surface area contributed by atoms with Gasteiger partial charge in [0.25, 0.3) is 5.91 Å². The van der Waals surface area contributed by atoms with E-state index < -0.39 is 9.84 Å². The Kier molecular flexibility index (Phi) is 4.90. The molecule has 26 heavy (non-hydrogen) atoms. The second-order valence-corrected chi connectivity index (χ2v) is 10.1. The van der Waals surface area contributed by atoms with E-state index in [-0.39, 0.29) is 23.5 Å². The Morgan fingerprint density at radius 2 is 2.12 bits per heavy atom. The van der Waals surface area contributed by atoms with Crippen LogP contribution in [0.5, 0.6) is 0 Å². The van der Waals surface area contributed by atoms with Gasteiger partial charge < -0.3 is 5.32 Å². The van der Waals surface area contributed by atoms with E-state index in [0.717, 1.165) is 37.8 Å². The van der Waals surface area contributed by atoms with E-state index in [4.69, 9.17) is 0 Å². The highest BCUT2D eigenvalue weighted by molar-refractivity contribution is 7.91. The molecule has 6 nitrogen and oxygen atoms in total. The van der Waals surface area contributed by atoms with Crippen LogP contribution in [0.15, 0.2) is 17.7 Å². The SMILES string of the molecule is O=C(NCCC1=CCCCC1)c1cc(C2CC2)n(C2CCS(=O)(=O)C2)n1. The van der Waals surface area contributed by atoms with Crippen LogP contribution < -0.4 is 5.32 Å². The molecule has 2 aliphatic carbocycles. The zero-order valence-electron chi connectivity index (χ0n) is 15.1. The zero-order chi connectivity index (χ0) is 18.1. The lowest BCUT2D eigenvalue weighted by molar-refractivity contribution is 0.0948. The number of sulfone groups is 1. The van der Waals surface area contributed by atoms with Crippen molar-refractivity contribution in [2.24, 2.45) is 0 Å². The maximum Gasteiger partial charge on any atom is 0.271 e. The Hall–Kier alpha value is -1.63. The first kappa shape index (κ1) is 17.8. The fraction of sp³-hybridized carbons (Fsp3) is 0.684. The largest absolute Gasteiger partial charge is 0.350 e. The van der Waals surface area contributed by atoms with Gasteiger partial charge in [0.15, 0.2) is 9.84 Å². The van der Waals surface area contributed by atoms with Gasteiger partial charge in [-0.25, -0.2) is 8.42 Å². The average molecular weight is 378 g/mol. The zero-order valence-corrected chi connectivity index (χ0v) is 15.9. The van der Waals surface area contributed by atoms with Gasteiger partial charge in [-0.05, 0) is 57.4 Å². The molecule has 3 aliphatic rings. The lowest BCUT2D eigenvalue weighted by Gasteiger charge is -2.13. The van der Waals surface area contributed by atoms with E-state index in [1.54, 1.807) is 0 Å². The molecule has 1 saturated heterocycles. The number of hydrogen-bond donors (Lipinski definition) is 1. The van der Waals surface area contributed by atoms with Crippen LogP contribution in [0.4, 0.5) is 0 Å². The number of nitrogens with zero attached hydrogens (tertiary/aromatic N) is 2. The van der Waals surface area contributed by atoms with Crippen molar-refractivity contribution in [3.8, 4) is 0 Å². The first-order valence-electron chi connectivity index (χ1n) is 9.78. The smallest absolute Gasteiger partial charge is 0.271 e. The average Bonchev–Trinajstić information content (AvgIpc) is 3.27. The quantitative estimate of drug-likeness (QED) is 0.773. The highest BCUT2D eigenvalue weighted by Gasteiger charge is 2.36. The van der Waals surface area contributed by atoms with E-state index in [2.05, 4.69) is 16.5 Å². The van der Waals surface area contributed by atoms with E-state index in [1.807, 2.05) is 10.7 Å². The minimum atomic E-state index is -2.97. The van der Waals surface area contributed by atoms with Gasteiger partial charge >= 0.3 is 0 Å². The topological polar surface area (TPSA) is 81.1 Å². The number of amides is 1. The molecule has 1 aromatic rings. The number of aromatic nitrogens is 2. The first-order valence-corrected chi connectivity index (χ1v) is 11.6. The Morgan fingerprint density at radius 1 is 1.27 bits per heavy atom. The van der Waals surface area contributed by atoms with Gasteiger partial charge in [-0.15, -0.1) is 0 Å². The molecule has 4 rings (SSSR count). The van der Waals surface area contributed by atoms with Crippen molar-refractivity contribution in [2.75, 3.05) is 18.1 Å². The van der Waals surface area contributed by atoms with Crippen molar-refractivity contribution in [2.45, 2.75) is 63.3 Å². The Balaban J connectivity index is 1.42. The molecule has 7 heteroatoms. The second-order valence-electron chi connectivity index (χ2n) is 7.84. The highest BCUT2D eigenvalue weighted by atomic mass is 32.2. The first-order chi connectivity index (χ1) is 12.5. The number of nitrogens with one attached hydrogen (secondary N) is 1. The normalized spacial score (nSPS) is 25.1. The van der Waals surface area contributed by atoms with E-state index in [1.165, 1.54) is 18.4 Å². The standard InChI is InChI=1S/C19H27N3O3S/c23-19(20-10-8-14-4-2-1-3-5-14)17-12-18(15-6-7-15)22(21-17)16-9-11-26(24,25)13-16/h4,12,15-16H,1-3,5-11,13H2,(H,20,23). The number of hydrogen-bond acceptors (Lipinski definition) is 4. The summed E-state index contributed by atoms with van der Waals surface area (Å²) >= 11 is 0. The molecule has 0 radical (unpaired) electrons. The molecule has 2 heterocycles. The third-order valence-electron chi connectivity index (χ3n) is 5.66. The number of carbonyl (C=O) groups excluding carboxylic acids is 1. The molecule has 1 N–H and O–H groups in total. The van der Waals surface area contributed by atoms with Gasteiger partial charge in [-0.2, -0.15) is 5.10 Å². The Morgan fingerprint density at radius 3 is 2.77 bits per heavy atom. The van der Waals surface area contributed by atoms with Crippen molar-refractivity contribution in [3.05, 3.63) is 29.1 Å². The van der Waals surface area contributed by atoms with Crippen LogP contribution in [0.2, 0.25) is 0 Å². The minimum absolute atomic E-state index is 0.121. The summed E-state index contributed by atoms with van der Waals surface area (Å²) in [5.74, 6) is 0.643. The van der Waals surface area contributed by atoms with Crippen molar-refractivity contribution in [1.82, 2.24) is 15.1 Å². The van der Waals surface area contributed by atoms with Crippen LogP contribution in [-0.2, 0) is 9.84 Å². The van der Waals surface area contributed by atoms with Gasteiger partial charge in [0.05, 0.1) is 17.5 Å². The van der Waals surface area contributed by atoms with Crippen LogP contribution in [0, 0.1) is 0 Å². The van der Waals surface area contributed by atoms with Crippen molar-refractivity contribution in [3.63, 3.8) is 0 Å². The molecule has 1 atom stereocenters. The molecule has 1 saturated carbocycles. The van der Waals surface area contributed by atoms with Gasteiger partial charge in [-0.3, -0.25) is 9.48 Å². The number of rotatable bonds is 6. The summed E-state index contributed by atoms with van der Waals surface area (Å²) in [4.78, 5) is 12.5. The predicted molar refractivity (Wildman–Crippen MR) is 100 cm³/mol. The summed E-state index contributed by atoms with van der Waals surface area (Å²) in [6.45, 7) is 0.633. The molecule has 0 spiro atoms. The third kappa shape index (κ3) is 4.03. The van der Waals surface area contributed by atoms with Crippen LogP contribution in [0.25, 0.3) is 0 Å². The van der Waals surface area contributed by atoms with E-state index in [0.29, 0.717) is 24.6 Å². The molecule has 2 fully saturated rings. The van der Waals surface area contributed by atoms with Crippen LogP contribution in [0.1, 0.15) is 79.5 Å². The monoisotopic (exact) mass is 377 g/mol. The number of allylic oxidation sites excluding steroid dienone is 1. The number of carbonyl (C=O) groups is 1. The molecule has 1 unspecified atom stereocenters. The molecule has 1 aliphatic heterocycles. The van der Waals surface area contributed by atoms with Crippen molar-refractivity contribution in [1.29, 1.82) is 0 Å². The molecule has 1 amide bonds. The summed E-state index contributed by atoms with van der Waals surface area (Å²) in [7, 11) is -2.97. The van der Waals surface area contributed by atoms with Gasteiger partial charge in [0.1, 0.15) is 5.69 Å². The molecular formula is C19H27N3O3S. The maximum atomic E-state index is 12.5. The second kappa shape index (κ2) is 7.18. The fourth-order valence-corrected chi connectivity index (χ4v) is 5.72. The lowest BCUT2D eigenvalue weighted by atomic mass is 9.97. The molecular weight excluding hydrogens is 350 g/mol. The Bertz CT molecular complexity index is 821. The summed E-state index contributed by atoms with van der Waals surface area (Å²) in [5.41, 5.74) is 2.90. The summed E-state index contributed by atoms with van der Waals surface area (Å²) in [5, 5.41) is 7.49. The predicted octanol–water partition coefficient (Wildman–Crippen LogP) is 2.74. The summed E-state index contributed by atoms with van der Waals surface area (Å²) in [6.07, 6.45) is 10.8.